The number of nitrogens with one attached hydrogen (secondary N) is 3. The third-order valence-electron chi connectivity index (χ3n) is 2.14. The Balaban J connectivity index is 2.32. The fourth-order valence-electron chi connectivity index (χ4n) is 1.35. The van der Waals surface area contributed by atoms with Crippen LogP contribution in [0.15, 0.2) is 23.0 Å². The monoisotopic (exact) mass is 239 g/mol. The normalized spacial score (nSPS) is 12.6. The van der Waals surface area contributed by atoms with Crippen molar-refractivity contribution in [2.24, 2.45) is 0 Å². The van der Waals surface area contributed by atoms with Gasteiger partial charge in [-0.25, -0.2) is 4.79 Å². The Hall–Kier alpha value is -1.75. The highest BCUT2D eigenvalue weighted by molar-refractivity contribution is 6.32. The molecule has 0 saturated heterocycles. The zero-order valence-electron chi connectivity index (χ0n) is 8.50. The Bertz CT molecular complexity index is 585. The Kier molecular flexibility index (Phi) is 2.70. The van der Waals surface area contributed by atoms with E-state index in [0.717, 1.165) is 0 Å². The van der Waals surface area contributed by atoms with Gasteiger partial charge in [0.2, 0.25) is 5.91 Å². The Morgan fingerprint density at radius 3 is 2.75 bits per heavy atom. The maximum atomic E-state index is 11.3. The molecule has 2 aromatic rings. The molecule has 5 nitrogen and oxygen atoms in total. The van der Waals surface area contributed by atoms with E-state index in [1.165, 1.54) is 0 Å². The van der Waals surface area contributed by atoms with Crippen molar-refractivity contribution >= 4 is 34.2 Å². The highest BCUT2D eigenvalue weighted by Gasteiger charge is 2.09. The highest BCUT2D eigenvalue weighted by Crippen LogP contribution is 2.15. The number of H-pyrrole nitrogens is 2. The fourth-order valence-corrected chi connectivity index (χ4v) is 1.41. The topological polar surface area (TPSA) is 77.8 Å². The van der Waals surface area contributed by atoms with Crippen molar-refractivity contribution in [2.45, 2.75) is 12.3 Å². The van der Waals surface area contributed by atoms with Crippen LogP contribution in [0.25, 0.3) is 11.0 Å². The van der Waals surface area contributed by atoms with Crippen molar-refractivity contribution in [3.63, 3.8) is 0 Å². The number of alkyl halides is 1. The predicted octanol–water partition coefficient (Wildman–Crippen LogP) is 1.42. The van der Waals surface area contributed by atoms with Gasteiger partial charge in [0.05, 0.1) is 11.0 Å². The van der Waals surface area contributed by atoms with Gasteiger partial charge in [-0.3, -0.25) is 4.79 Å². The standard InChI is InChI=1S/C10H10ClN3O2/c1-5(11)9(15)12-6-2-3-7-8(4-6)14-10(16)13-7/h2-5H,1H3,(H,12,15)(H2,13,14,16). The van der Waals surface area contributed by atoms with Crippen LogP contribution >= 0.6 is 11.6 Å². The summed E-state index contributed by atoms with van der Waals surface area (Å²) in [6.45, 7) is 1.59. The molecule has 1 atom stereocenters. The molecule has 0 fully saturated rings. The van der Waals surface area contributed by atoms with Crippen LogP contribution < -0.4 is 11.0 Å². The summed E-state index contributed by atoms with van der Waals surface area (Å²) in [4.78, 5) is 27.6. The number of hydrogen-bond donors (Lipinski definition) is 3. The van der Waals surface area contributed by atoms with Gasteiger partial charge in [-0.15, -0.1) is 11.6 Å². The van der Waals surface area contributed by atoms with Crippen LogP contribution in [0.4, 0.5) is 5.69 Å². The molecule has 84 valence electrons. The summed E-state index contributed by atoms with van der Waals surface area (Å²) in [6.07, 6.45) is 0. The van der Waals surface area contributed by atoms with Crippen molar-refractivity contribution in [2.75, 3.05) is 5.32 Å². The minimum absolute atomic E-state index is 0.274. The molecule has 0 aliphatic heterocycles. The average Bonchev–Trinajstić information content (AvgIpc) is 2.57. The largest absolute Gasteiger partial charge is 0.325 e. The van der Waals surface area contributed by atoms with Crippen LogP contribution in [-0.2, 0) is 4.79 Å². The average molecular weight is 240 g/mol. The minimum atomic E-state index is -0.596. The van der Waals surface area contributed by atoms with E-state index < -0.39 is 5.38 Å². The lowest BCUT2D eigenvalue weighted by atomic mass is 10.2. The molecule has 0 radical (unpaired) electrons. The first-order valence-corrected chi connectivity index (χ1v) is 5.17. The number of carbonyl (C=O) groups excluding carboxylic acids is 1. The molecule has 16 heavy (non-hydrogen) atoms. The maximum absolute atomic E-state index is 11.3. The highest BCUT2D eigenvalue weighted by atomic mass is 35.5. The van der Waals surface area contributed by atoms with Crippen LogP contribution in [0.3, 0.4) is 0 Å². The number of aromatic nitrogens is 2. The van der Waals surface area contributed by atoms with Gasteiger partial charge in [-0.2, -0.15) is 0 Å². The molecule has 0 bridgehead atoms. The van der Waals surface area contributed by atoms with E-state index in [4.69, 9.17) is 11.6 Å². The van der Waals surface area contributed by atoms with Crippen LogP contribution in [0.2, 0.25) is 0 Å². The van der Waals surface area contributed by atoms with Crippen LogP contribution in [0.1, 0.15) is 6.92 Å². The van der Waals surface area contributed by atoms with E-state index in [1.54, 1.807) is 25.1 Å². The molecule has 1 heterocycles. The smallest absolute Gasteiger partial charge is 0.323 e. The number of imidazole rings is 1. The maximum Gasteiger partial charge on any atom is 0.323 e. The quantitative estimate of drug-likeness (QED) is 0.693. The predicted molar refractivity (Wildman–Crippen MR) is 62.9 cm³/mol. The number of hydrogen-bond acceptors (Lipinski definition) is 2. The molecular formula is C10H10ClN3O2. The van der Waals surface area contributed by atoms with Crippen molar-refractivity contribution in [3.8, 4) is 0 Å². The van der Waals surface area contributed by atoms with Crippen molar-refractivity contribution in [1.82, 2.24) is 9.97 Å². The molecule has 6 heteroatoms. The van der Waals surface area contributed by atoms with Crippen molar-refractivity contribution in [1.29, 1.82) is 0 Å². The number of rotatable bonds is 2. The molecule has 3 N–H and O–H groups in total. The second-order valence-electron chi connectivity index (χ2n) is 3.44. The first kappa shape index (κ1) is 10.8. The number of halogens is 1. The lowest BCUT2D eigenvalue weighted by Crippen LogP contribution is -2.20. The van der Waals surface area contributed by atoms with E-state index in [9.17, 15) is 9.59 Å². The summed E-state index contributed by atoms with van der Waals surface area (Å²) in [5.41, 5.74) is 1.66. The molecule has 0 aliphatic rings. The zero-order valence-corrected chi connectivity index (χ0v) is 9.26. The summed E-state index contributed by atoms with van der Waals surface area (Å²) >= 11 is 5.62. The summed E-state index contributed by atoms with van der Waals surface area (Å²) < 4.78 is 0. The number of anilines is 1. The first-order chi connectivity index (χ1) is 7.56. The third kappa shape index (κ3) is 2.09. The summed E-state index contributed by atoms with van der Waals surface area (Å²) in [7, 11) is 0. The van der Waals surface area contributed by atoms with Gasteiger partial charge in [0.25, 0.3) is 0 Å². The molecule has 0 saturated carbocycles. The van der Waals surface area contributed by atoms with E-state index in [-0.39, 0.29) is 11.6 Å². The molecule has 0 spiro atoms. The molecule has 1 unspecified atom stereocenters. The van der Waals surface area contributed by atoms with E-state index in [2.05, 4.69) is 15.3 Å². The number of benzene rings is 1. The van der Waals surface area contributed by atoms with Crippen LogP contribution in [-0.4, -0.2) is 21.3 Å². The lowest BCUT2D eigenvalue weighted by Gasteiger charge is -2.05. The van der Waals surface area contributed by atoms with Gasteiger partial charge >= 0.3 is 5.69 Å². The number of amides is 1. The van der Waals surface area contributed by atoms with Gasteiger partial charge in [-0.05, 0) is 25.1 Å². The van der Waals surface area contributed by atoms with Gasteiger partial charge < -0.3 is 15.3 Å². The Morgan fingerprint density at radius 1 is 1.38 bits per heavy atom. The third-order valence-corrected chi connectivity index (χ3v) is 2.34. The van der Waals surface area contributed by atoms with Crippen LogP contribution in [0, 0.1) is 0 Å². The van der Waals surface area contributed by atoms with E-state index >= 15 is 0 Å². The molecule has 1 aromatic heterocycles. The lowest BCUT2D eigenvalue weighted by molar-refractivity contribution is -0.115. The van der Waals surface area contributed by atoms with Gasteiger partial charge in [0.15, 0.2) is 0 Å². The van der Waals surface area contributed by atoms with Crippen LogP contribution in [0.5, 0.6) is 0 Å². The Morgan fingerprint density at radius 2 is 2.06 bits per heavy atom. The molecule has 2 rings (SSSR count). The fraction of sp³-hybridized carbons (Fsp3) is 0.200. The SMILES string of the molecule is CC(Cl)C(=O)Nc1ccc2[nH]c(=O)[nH]c2c1. The van der Waals surface area contributed by atoms with Gasteiger partial charge in [0, 0.05) is 5.69 Å². The number of fused-ring (bicyclic) bond motifs is 1. The minimum Gasteiger partial charge on any atom is -0.325 e. The first-order valence-electron chi connectivity index (χ1n) is 4.73. The summed E-state index contributed by atoms with van der Waals surface area (Å²) in [5.74, 6) is -0.279. The molecule has 1 aromatic carbocycles. The van der Waals surface area contributed by atoms with Crippen molar-refractivity contribution < 1.29 is 4.79 Å². The van der Waals surface area contributed by atoms with Gasteiger partial charge in [-0.1, -0.05) is 0 Å². The molecule has 0 aliphatic carbocycles. The second-order valence-corrected chi connectivity index (χ2v) is 4.10. The molecular weight excluding hydrogens is 230 g/mol. The van der Waals surface area contributed by atoms with E-state index in [1.807, 2.05) is 0 Å². The number of carbonyl (C=O) groups is 1. The second kappa shape index (κ2) is 4.02. The summed E-state index contributed by atoms with van der Waals surface area (Å²) in [6, 6.07) is 5.08. The summed E-state index contributed by atoms with van der Waals surface area (Å²) in [5, 5.41) is 2.04. The van der Waals surface area contributed by atoms with E-state index in [0.29, 0.717) is 16.7 Å². The number of aromatic amines is 2. The van der Waals surface area contributed by atoms with Gasteiger partial charge in [0.1, 0.15) is 5.38 Å². The Labute approximate surface area is 95.8 Å². The molecule has 1 amide bonds. The zero-order chi connectivity index (χ0) is 11.7. The van der Waals surface area contributed by atoms with Crippen molar-refractivity contribution in [3.05, 3.63) is 28.7 Å².